The molecule has 2 rings (SSSR count). The highest BCUT2D eigenvalue weighted by molar-refractivity contribution is 9.10. The fourth-order valence-corrected chi connectivity index (χ4v) is 4.38. The monoisotopic (exact) mass is 575 g/mol. The zero-order valence-corrected chi connectivity index (χ0v) is 22.8. The molecule has 0 heterocycles. The molecule has 34 heavy (non-hydrogen) atoms. The zero-order chi connectivity index (χ0) is 25.8. The van der Waals surface area contributed by atoms with Crippen LogP contribution in [0.15, 0.2) is 46.9 Å². The van der Waals surface area contributed by atoms with Crippen LogP contribution in [0.1, 0.15) is 33.3 Å². The van der Waals surface area contributed by atoms with Crippen LogP contribution in [0.4, 0.5) is 10.1 Å². The van der Waals surface area contributed by atoms with Gasteiger partial charge >= 0.3 is 0 Å². The van der Waals surface area contributed by atoms with Crippen molar-refractivity contribution in [3.8, 4) is 0 Å². The summed E-state index contributed by atoms with van der Waals surface area (Å²) in [7, 11) is -3.93. The maximum atomic E-state index is 13.6. The number of carbonyl (C=O) groups is 2. The van der Waals surface area contributed by atoms with Gasteiger partial charge in [0.2, 0.25) is 21.8 Å². The molecule has 0 aliphatic carbocycles. The lowest BCUT2D eigenvalue weighted by molar-refractivity contribution is -0.140. The molecule has 0 saturated heterocycles. The number of anilines is 1. The fraction of sp³-hybridized carbons (Fsp3) is 0.391. The van der Waals surface area contributed by atoms with Gasteiger partial charge in [0, 0.05) is 16.6 Å². The van der Waals surface area contributed by atoms with Crippen molar-refractivity contribution in [2.45, 2.75) is 45.8 Å². The van der Waals surface area contributed by atoms with Gasteiger partial charge in [-0.2, -0.15) is 0 Å². The average Bonchev–Trinajstić information content (AvgIpc) is 2.71. The van der Waals surface area contributed by atoms with Gasteiger partial charge in [-0.3, -0.25) is 13.9 Å². The molecule has 1 atom stereocenters. The second kappa shape index (κ2) is 11.0. The third-order valence-corrected chi connectivity index (χ3v) is 6.76. The Morgan fingerprint density at radius 2 is 1.74 bits per heavy atom. The van der Waals surface area contributed by atoms with Crippen molar-refractivity contribution in [1.29, 1.82) is 0 Å². The lowest BCUT2D eigenvalue weighted by Crippen LogP contribution is -2.54. The van der Waals surface area contributed by atoms with Gasteiger partial charge in [0.25, 0.3) is 0 Å². The van der Waals surface area contributed by atoms with Crippen molar-refractivity contribution in [2.24, 2.45) is 0 Å². The summed E-state index contributed by atoms with van der Waals surface area (Å²) in [4.78, 5) is 27.6. The number of hydrogen-bond donors (Lipinski definition) is 1. The van der Waals surface area contributed by atoms with Crippen LogP contribution in [0.25, 0.3) is 0 Å². The third-order valence-electron chi connectivity index (χ3n) is 4.80. The molecule has 2 aromatic rings. The quantitative estimate of drug-likeness (QED) is 0.507. The highest BCUT2D eigenvalue weighted by Crippen LogP contribution is 2.25. The molecule has 0 aliphatic rings. The van der Waals surface area contributed by atoms with Gasteiger partial charge in [0.05, 0.1) is 17.0 Å². The number of nitrogens with one attached hydrogen (secondary N) is 1. The molecular formula is C23H28BrClFN3O4S. The number of carbonyl (C=O) groups excluding carboxylic acids is 2. The summed E-state index contributed by atoms with van der Waals surface area (Å²) in [6.45, 7) is 6.53. The number of amides is 2. The van der Waals surface area contributed by atoms with Gasteiger partial charge in [0.15, 0.2) is 0 Å². The molecule has 0 aliphatic heterocycles. The van der Waals surface area contributed by atoms with E-state index >= 15 is 0 Å². The molecule has 2 amide bonds. The van der Waals surface area contributed by atoms with Crippen molar-refractivity contribution < 1.29 is 22.4 Å². The summed E-state index contributed by atoms with van der Waals surface area (Å²) < 4.78 is 40.3. The van der Waals surface area contributed by atoms with E-state index in [1.54, 1.807) is 31.2 Å². The lowest BCUT2D eigenvalue weighted by atomic mass is 10.1. The summed E-state index contributed by atoms with van der Waals surface area (Å²) in [6, 6.07) is 9.71. The Hall–Kier alpha value is -2.17. The number of rotatable bonds is 8. The third kappa shape index (κ3) is 7.95. The van der Waals surface area contributed by atoms with Crippen LogP contribution in [-0.4, -0.2) is 49.5 Å². The Morgan fingerprint density at radius 1 is 1.15 bits per heavy atom. The van der Waals surface area contributed by atoms with E-state index in [0.29, 0.717) is 0 Å². The van der Waals surface area contributed by atoms with E-state index in [-0.39, 0.29) is 23.2 Å². The molecule has 7 nitrogen and oxygen atoms in total. The highest BCUT2D eigenvalue weighted by Gasteiger charge is 2.31. The minimum Gasteiger partial charge on any atom is -0.350 e. The topological polar surface area (TPSA) is 86.8 Å². The molecule has 0 spiro atoms. The van der Waals surface area contributed by atoms with E-state index in [1.165, 1.54) is 11.0 Å². The first-order chi connectivity index (χ1) is 15.6. The first-order valence-electron chi connectivity index (χ1n) is 10.4. The van der Waals surface area contributed by atoms with E-state index in [1.807, 2.05) is 20.8 Å². The first-order valence-corrected chi connectivity index (χ1v) is 13.4. The normalized spacial score (nSPS) is 12.7. The van der Waals surface area contributed by atoms with Gasteiger partial charge in [-0.05, 0) is 63.6 Å². The van der Waals surface area contributed by atoms with Crippen LogP contribution in [0.3, 0.4) is 0 Å². The van der Waals surface area contributed by atoms with Gasteiger partial charge in [-0.1, -0.05) is 39.7 Å². The molecule has 0 bridgehead atoms. The molecule has 11 heteroatoms. The predicted molar refractivity (Wildman–Crippen MR) is 136 cm³/mol. The van der Waals surface area contributed by atoms with E-state index in [0.717, 1.165) is 32.7 Å². The molecular weight excluding hydrogens is 549 g/mol. The molecule has 2 aromatic carbocycles. The average molecular weight is 577 g/mol. The second-order valence-corrected chi connectivity index (χ2v) is 12.2. The van der Waals surface area contributed by atoms with Crippen molar-refractivity contribution in [2.75, 3.05) is 17.1 Å². The van der Waals surface area contributed by atoms with Crippen LogP contribution in [0, 0.1) is 5.82 Å². The maximum absolute atomic E-state index is 13.6. The van der Waals surface area contributed by atoms with Crippen molar-refractivity contribution in [3.63, 3.8) is 0 Å². The Kier molecular flexibility index (Phi) is 9.12. The first kappa shape index (κ1) is 28.1. The maximum Gasteiger partial charge on any atom is 0.244 e. The fourth-order valence-electron chi connectivity index (χ4n) is 3.10. The summed E-state index contributed by atoms with van der Waals surface area (Å²) in [5.41, 5.74) is 0.266. The van der Waals surface area contributed by atoms with E-state index < -0.39 is 39.9 Å². The standard InChI is InChI=1S/C23H28BrClFN3O4S/c1-15(22(31)27-23(2,3)4)28(13-16-6-8-17(24)9-7-16)21(30)14-29(34(5,32)33)18-10-11-20(26)19(25)12-18/h6-12,15H,13-14H2,1-5H3,(H,27,31)/t15-/m1/s1. The number of nitrogens with zero attached hydrogens (tertiary/aromatic N) is 2. The van der Waals surface area contributed by atoms with Crippen LogP contribution < -0.4 is 9.62 Å². The summed E-state index contributed by atoms with van der Waals surface area (Å²) in [5.74, 6) is -1.70. The van der Waals surface area contributed by atoms with Gasteiger partial charge in [-0.15, -0.1) is 0 Å². The number of benzene rings is 2. The number of halogens is 3. The van der Waals surface area contributed by atoms with Gasteiger partial charge in [-0.25, -0.2) is 12.8 Å². The highest BCUT2D eigenvalue weighted by atomic mass is 79.9. The molecule has 0 fully saturated rings. The molecule has 0 radical (unpaired) electrons. The Morgan fingerprint density at radius 3 is 2.24 bits per heavy atom. The number of sulfonamides is 1. The molecule has 0 saturated carbocycles. The van der Waals surface area contributed by atoms with Crippen LogP contribution in [0.2, 0.25) is 5.02 Å². The minimum atomic E-state index is -3.93. The van der Waals surface area contributed by atoms with E-state index in [4.69, 9.17) is 11.6 Å². The summed E-state index contributed by atoms with van der Waals surface area (Å²) >= 11 is 9.19. The Bertz CT molecular complexity index is 1150. The molecule has 186 valence electrons. The molecule has 0 aromatic heterocycles. The van der Waals surface area contributed by atoms with Crippen molar-refractivity contribution >= 4 is 55.1 Å². The minimum absolute atomic E-state index is 0.0395. The van der Waals surface area contributed by atoms with Gasteiger partial charge in [0.1, 0.15) is 18.4 Å². The Balaban J connectivity index is 2.41. The van der Waals surface area contributed by atoms with Crippen LogP contribution in [0.5, 0.6) is 0 Å². The smallest absolute Gasteiger partial charge is 0.244 e. The van der Waals surface area contributed by atoms with Crippen LogP contribution in [-0.2, 0) is 26.2 Å². The largest absolute Gasteiger partial charge is 0.350 e. The lowest BCUT2D eigenvalue weighted by Gasteiger charge is -2.33. The van der Waals surface area contributed by atoms with Gasteiger partial charge < -0.3 is 10.2 Å². The second-order valence-electron chi connectivity index (χ2n) is 8.93. The summed E-state index contributed by atoms with van der Waals surface area (Å²) in [5, 5.41) is 2.57. The zero-order valence-electron chi connectivity index (χ0n) is 19.6. The molecule has 0 unspecified atom stereocenters. The summed E-state index contributed by atoms with van der Waals surface area (Å²) in [6.07, 6.45) is 0.937. The number of hydrogen-bond acceptors (Lipinski definition) is 4. The van der Waals surface area contributed by atoms with Crippen molar-refractivity contribution in [3.05, 3.63) is 63.3 Å². The van der Waals surface area contributed by atoms with E-state index in [2.05, 4.69) is 21.2 Å². The van der Waals surface area contributed by atoms with Crippen molar-refractivity contribution in [1.82, 2.24) is 10.2 Å². The SMILES string of the molecule is C[C@H](C(=O)NC(C)(C)C)N(Cc1ccc(Br)cc1)C(=O)CN(c1ccc(F)c(Cl)c1)S(C)(=O)=O. The van der Waals surface area contributed by atoms with E-state index in [9.17, 15) is 22.4 Å². The van der Waals surface area contributed by atoms with Crippen LogP contribution >= 0.6 is 27.5 Å². The molecule has 1 N–H and O–H groups in total. The Labute approximate surface area is 213 Å². The predicted octanol–water partition coefficient (Wildman–Crippen LogP) is 4.34.